The normalized spacial score (nSPS) is 16.7. The van der Waals surface area contributed by atoms with Gasteiger partial charge in [-0.25, -0.2) is 8.42 Å². The van der Waals surface area contributed by atoms with E-state index in [4.69, 9.17) is 0 Å². The Labute approximate surface area is 193 Å². The monoisotopic (exact) mass is 456 g/mol. The fourth-order valence-corrected chi connectivity index (χ4v) is 6.56. The summed E-state index contributed by atoms with van der Waals surface area (Å²) in [6.45, 7) is 10.5. The van der Waals surface area contributed by atoms with E-state index < -0.39 is 10.0 Å². The second-order valence-corrected chi connectivity index (χ2v) is 11.1. The molecule has 0 saturated carbocycles. The van der Waals surface area contributed by atoms with Crippen molar-refractivity contribution < 1.29 is 13.2 Å². The van der Waals surface area contributed by atoms with Crippen LogP contribution in [0.5, 0.6) is 0 Å². The summed E-state index contributed by atoms with van der Waals surface area (Å²) >= 11 is 0. The number of sulfonamides is 1. The SMILES string of the molecule is Cc1cc(C)c(C)c(S(=O)(=O)N2CCC(C(=O)N[C@H](C)CCc3ccccc3)CC2)c1C. The first kappa shape index (κ1) is 24.5. The molecule has 174 valence electrons. The lowest BCUT2D eigenvalue weighted by molar-refractivity contribution is -0.126. The maximum absolute atomic E-state index is 13.4. The van der Waals surface area contributed by atoms with E-state index in [-0.39, 0.29) is 17.9 Å². The number of amides is 1. The van der Waals surface area contributed by atoms with Crippen molar-refractivity contribution in [3.05, 3.63) is 64.2 Å². The lowest BCUT2D eigenvalue weighted by Gasteiger charge is -2.32. The average molecular weight is 457 g/mol. The van der Waals surface area contributed by atoms with Crippen LogP contribution < -0.4 is 5.32 Å². The van der Waals surface area contributed by atoms with Gasteiger partial charge in [-0.3, -0.25) is 4.79 Å². The van der Waals surface area contributed by atoms with Crippen molar-refractivity contribution in [3.8, 4) is 0 Å². The van der Waals surface area contributed by atoms with E-state index in [1.165, 1.54) is 5.56 Å². The first-order chi connectivity index (χ1) is 15.1. The molecule has 1 amide bonds. The summed E-state index contributed by atoms with van der Waals surface area (Å²) in [6.07, 6.45) is 2.92. The Morgan fingerprint density at radius 1 is 1.03 bits per heavy atom. The third-order valence-corrected chi connectivity index (χ3v) is 8.99. The molecule has 1 heterocycles. The quantitative estimate of drug-likeness (QED) is 0.669. The zero-order valence-electron chi connectivity index (χ0n) is 19.9. The van der Waals surface area contributed by atoms with Gasteiger partial charge in [-0.05, 0) is 88.1 Å². The van der Waals surface area contributed by atoms with E-state index in [0.29, 0.717) is 30.8 Å². The van der Waals surface area contributed by atoms with E-state index in [1.54, 1.807) is 4.31 Å². The number of hydrogen-bond donors (Lipinski definition) is 1. The molecule has 2 aromatic rings. The molecule has 0 bridgehead atoms. The Bertz CT molecular complexity index is 1030. The van der Waals surface area contributed by atoms with Crippen LogP contribution >= 0.6 is 0 Å². The number of carbonyl (C=O) groups is 1. The zero-order chi connectivity index (χ0) is 23.5. The van der Waals surface area contributed by atoms with Crippen molar-refractivity contribution in [3.63, 3.8) is 0 Å². The van der Waals surface area contributed by atoms with Gasteiger partial charge in [-0.15, -0.1) is 0 Å². The van der Waals surface area contributed by atoms with E-state index in [9.17, 15) is 13.2 Å². The lowest BCUT2D eigenvalue weighted by atomic mass is 9.96. The molecule has 0 aromatic heterocycles. The van der Waals surface area contributed by atoms with Gasteiger partial charge in [0.05, 0.1) is 4.90 Å². The van der Waals surface area contributed by atoms with Gasteiger partial charge in [-0.1, -0.05) is 36.4 Å². The molecule has 0 aliphatic carbocycles. The van der Waals surface area contributed by atoms with Crippen molar-refractivity contribution in [2.45, 2.75) is 71.2 Å². The van der Waals surface area contributed by atoms with E-state index in [0.717, 1.165) is 35.1 Å². The van der Waals surface area contributed by atoms with Crippen molar-refractivity contribution in [2.75, 3.05) is 13.1 Å². The number of carbonyl (C=O) groups excluding carboxylic acids is 1. The van der Waals surface area contributed by atoms with Crippen LogP contribution in [0.15, 0.2) is 41.3 Å². The first-order valence-electron chi connectivity index (χ1n) is 11.5. The van der Waals surface area contributed by atoms with Crippen LogP contribution in [0.4, 0.5) is 0 Å². The first-order valence-corrected chi connectivity index (χ1v) is 13.0. The highest BCUT2D eigenvalue weighted by atomic mass is 32.2. The topological polar surface area (TPSA) is 66.5 Å². The minimum Gasteiger partial charge on any atom is -0.353 e. The van der Waals surface area contributed by atoms with Gasteiger partial charge in [0, 0.05) is 25.0 Å². The van der Waals surface area contributed by atoms with Gasteiger partial charge >= 0.3 is 0 Å². The molecule has 1 aliphatic heterocycles. The van der Waals surface area contributed by atoms with Gasteiger partial charge in [-0.2, -0.15) is 4.31 Å². The molecule has 2 aromatic carbocycles. The van der Waals surface area contributed by atoms with Crippen LogP contribution in [0.25, 0.3) is 0 Å². The highest BCUT2D eigenvalue weighted by Crippen LogP contribution is 2.31. The second-order valence-electron chi connectivity index (χ2n) is 9.20. The molecule has 1 atom stereocenters. The molecule has 0 spiro atoms. The van der Waals surface area contributed by atoms with Gasteiger partial charge < -0.3 is 5.32 Å². The molecule has 3 rings (SSSR count). The number of nitrogens with one attached hydrogen (secondary N) is 1. The Kier molecular flexibility index (Phi) is 7.78. The molecular weight excluding hydrogens is 420 g/mol. The van der Waals surface area contributed by atoms with Crippen molar-refractivity contribution in [1.29, 1.82) is 0 Å². The highest BCUT2D eigenvalue weighted by molar-refractivity contribution is 7.89. The third-order valence-electron chi connectivity index (χ3n) is 6.82. The Balaban J connectivity index is 1.58. The van der Waals surface area contributed by atoms with E-state index in [1.807, 2.05) is 58.9 Å². The minimum absolute atomic E-state index is 0.0429. The molecule has 6 heteroatoms. The summed E-state index contributed by atoms with van der Waals surface area (Å²) in [6, 6.07) is 12.4. The smallest absolute Gasteiger partial charge is 0.243 e. The minimum atomic E-state index is -3.58. The molecule has 1 saturated heterocycles. The van der Waals surface area contributed by atoms with Crippen LogP contribution in [-0.2, 0) is 21.2 Å². The predicted molar refractivity (Wildman–Crippen MR) is 129 cm³/mol. The third kappa shape index (κ3) is 5.41. The predicted octanol–water partition coefficient (Wildman–Crippen LogP) is 4.46. The number of aryl methyl sites for hydroxylation is 3. The summed E-state index contributed by atoms with van der Waals surface area (Å²) in [7, 11) is -3.58. The average Bonchev–Trinajstić information content (AvgIpc) is 2.77. The Hall–Kier alpha value is -2.18. The number of piperidine rings is 1. The molecule has 1 aliphatic rings. The summed E-state index contributed by atoms with van der Waals surface area (Å²) in [4.78, 5) is 13.2. The fourth-order valence-electron chi connectivity index (χ4n) is 4.52. The maximum atomic E-state index is 13.4. The van der Waals surface area contributed by atoms with Crippen LogP contribution in [0.2, 0.25) is 0 Å². The van der Waals surface area contributed by atoms with Gasteiger partial charge in [0.1, 0.15) is 0 Å². The standard InChI is InChI=1S/C26H36N2O3S/c1-18-17-19(2)22(5)25(21(18)4)32(30,31)28-15-13-24(14-16-28)26(29)27-20(3)11-12-23-9-7-6-8-10-23/h6-10,17,20,24H,11-16H2,1-5H3,(H,27,29)/t20-/m1/s1. The van der Waals surface area contributed by atoms with E-state index in [2.05, 4.69) is 17.4 Å². The van der Waals surface area contributed by atoms with Crippen LogP contribution in [0.3, 0.4) is 0 Å². The maximum Gasteiger partial charge on any atom is 0.243 e. The highest BCUT2D eigenvalue weighted by Gasteiger charge is 2.34. The largest absolute Gasteiger partial charge is 0.353 e. The van der Waals surface area contributed by atoms with Gasteiger partial charge in [0.15, 0.2) is 0 Å². The fraction of sp³-hybridized carbons (Fsp3) is 0.500. The molecule has 1 N–H and O–H groups in total. The van der Waals surface area contributed by atoms with Crippen LogP contribution in [0.1, 0.15) is 54.0 Å². The summed E-state index contributed by atoms with van der Waals surface area (Å²) in [5, 5.41) is 3.13. The number of hydrogen-bond acceptors (Lipinski definition) is 3. The van der Waals surface area contributed by atoms with Crippen molar-refractivity contribution >= 4 is 15.9 Å². The van der Waals surface area contributed by atoms with Crippen LogP contribution in [0, 0.1) is 33.6 Å². The number of benzene rings is 2. The summed E-state index contributed by atoms with van der Waals surface area (Å²) in [5.74, 6) is -0.0940. The van der Waals surface area contributed by atoms with Gasteiger partial charge in [0.25, 0.3) is 0 Å². The summed E-state index contributed by atoms with van der Waals surface area (Å²) < 4.78 is 28.4. The Morgan fingerprint density at radius 3 is 2.16 bits per heavy atom. The van der Waals surface area contributed by atoms with E-state index >= 15 is 0 Å². The summed E-state index contributed by atoms with van der Waals surface area (Å²) in [5.41, 5.74) is 4.89. The molecule has 1 fully saturated rings. The van der Waals surface area contributed by atoms with Crippen molar-refractivity contribution in [2.24, 2.45) is 5.92 Å². The lowest BCUT2D eigenvalue weighted by Crippen LogP contribution is -2.45. The van der Waals surface area contributed by atoms with Crippen LogP contribution in [-0.4, -0.2) is 37.8 Å². The molecule has 0 unspecified atom stereocenters. The molecule has 32 heavy (non-hydrogen) atoms. The number of rotatable bonds is 7. The Morgan fingerprint density at radius 2 is 1.59 bits per heavy atom. The molecule has 0 radical (unpaired) electrons. The molecule has 5 nitrogen and oxygen atoms in total. The van der Waals surface area contributed by atoms with Crippen molar-refractivity contribution in [1.82, 2.24) is 9.62 Å². The second kappa shape index (κ2) is 10.2. The van der Waals surface area contributed by atoms with Gasteiger partial charge in [0.2, 0.25) is 15.9 Å². The number of nitrogens with zero attached hydrogens (tertiary/aromatic N) is 1. The zero-order valence-corrected chi connectivity index (χ0v) is 20.8. The molecular formula is C26H36N2O3S.